The lowest BCUT2D eigenvalue weighted by molar-refractivity contribution is 0.353. The lowest BCUT2D eigenvalue weighted by Gasteiger charge is -2.31. The molecule has 0 radical (unpaired) electrons. The van der Waals surface area contributed by atoms with E-state index in [4.69, 9.17) is 9.47 Å². The number of hydrogen-bond donors (Lipinski definition) is 0. The fraction of sp³-hybridized carbons (Fsp3) is 0.500. The lowest BCUT2D eigenvalue weighted by Crippen LogP contribution is -2.31. The number of ether oxygens (including phenoxy) is 2. The normalized spacial score (nSPS) is 13.3. The molecule has 1 aromatic carbocycles. The zero-order valence-electron chi connectivity index (χ0n) is 16.2. The Hall–Kier alpha value is -2.50. The van der Waals surface area contributed by atoms with Crippen molar-refractivity contribution in [3.05, 3.63) is 35.7 Å². The zero-order chi connectivity index (χ0) is 18.5. The van der Waals surface area contributed by atoms with Gasteiger partial charge in [0.2, 0.25) is 0 Å². The average molecular weight is 356 g/mol. The largest absolute Gasteiger partial charge is 0.493 e. The molecule has 1 aliphatic heterocycles. The lowest BCUT2D eigenvalue weighted by atomic mass is 9.99. The van der Waals surface area contributed by atoms with Gasteiger partial charge in [0.25, 0.3) is 0 Å². The molecular weight excluding hydrogens is 328 g/mol. The number of fused-ring (bicyclic) bond motifs is 1. The van der Waals surface area contributed by atoms with E-state index < -0.39 is 0 Å². The Morgan fingerprint density at radius 3 is 2.50 bits per heavy atom. The molecule has 6 nitrogen and oxygen atoms in total. The Morgan fingerprint density at radius 1 is 1.08 bits per heavy atom. The summed E-state index contributed by atoms with van der Waals surface area (Å²) < 4.78 is 10.9. The molecule has 6 heteroatoms. The molecule has 0 N–H and O–H groups in total. The average Bonchev–Trinajstić information content (AvgIpc) is 2.70. The third-order valence-corrected chi connectivity index (χ3v) is 4.92. The predicted molar refractivity (Wildman–Crippen MR) is 105 cm³/mol. The number of anilines is 2. The second-order valence-corrected chi connectivity index (χ2v) is 6.66. The Kier molecular flexibility index (Phi) is 5.81. The van der Waals surface area contributed by atoms with Gasteiger partial charge < -0.3 is 19.3 Å². The van der Waals surface area contributed by atoms with Gasteiger partial charge >= 0.3 is 0 Å². The van der Waals surface area contributed by atoms with Crippen LogP contribution in [-0.4, -0.2) is 44.3 Å². The van der Waals surface area contributed by atoms with Crippen LogP contribution in [0, 0.1) is 0 Å². The van der Waals surface area contributed by atoms with Crippen LogP contribution in [-0.2, 0) is 13.0 Å². The number of rotatable bonds is 7. The second-order valence-electron chi connectivity index (χ2n) is 6.66. The minimum atomic E-state index is 0.774. The predicted octanol–water partition coefficient (Wildman–Crippen LogP) is 3.29. The number of hydrogen-bond acceptors (Lipinski definition) is 6. The van der Waals surface area contributed by atoms with Crippen molar-refractivity contribution < 1.29 is 9.47 Å². The van der Waals surface area contributed by atoms with Gasteiger partial charge in [-0.25, -0.2) is 9.97 Å². The van der Waals surface area contributed by atoms with Gasteiger partial charge in [-0.05, 0) is 36.1 Å². The van der Waals surface area contributed by atoms with E-state index >= 15 is 0 Å². The number of nitrogens with zero attached hydrogens (tertiary/aromatic N) is 4. The van der Waals surface area contributed by atoms with Gasteiger partial charge in [0.15, 0.2) is 11.5 Å². The molecule has 2 heterocycles. The molecule has 0 aliphatic carbocycles. The van der Waals surface area contributed by atoms with E-state index in [1.807, 2.05) is 0 Å². The first-order valence-electron chi connectivity index (χ1n) is 9.18. The molecule has 26 heavy (non-hydrogen) atoms. The maximum absolute atomic E-state index is 5.46. The zero-order valence-corrected chi connectivity index (χ0v) is 16.2. The van der Waals surface area contributed by atoms with Crippen LogP contribution in [0.25, 0.3) is 0 Å². The Labute approximate surface area is 155 Å². The highest BCUT2D eigenvalue weighted by atomic mass is 16.5. The highest BCUT2D eigenvalue weighted by Gasteiger charge is 2.21. The van der Waals surface area contributed by atoms with Crippen molar-refractivity contribution in [2.45, 2.75) is 32.7 Å². The number of benzene rings is 1. The Morgan fingerprint density at radius 2 is 1.81 bits per heavy atom. The number of methoxy groups -OCH3 is 2. The molecule has 1 aliphatic rings. The van der Waals surface area contributed by atoms with Crippen LogP contribution in [0.5, 0.6) is 11.5 Å². The van der Waals surface area contributed by atoms with E-state index in [9.17, 15) is 0 Å². The van der Waals surface area contributed by atoms with Crippen molar-refractivity contribution in [1.82, 2.24) is 9.97 Å². The van der Waals surface area contributed by atoms with E-state index in [2.05, 4.69) is 51.9 Å². The third kappa shape index (κ3) is 3.84. The quantitative estimate of drug-likeness (QED) is 0.759. The van der Waals surface area contributed by atoms with Gasteiger partial charge in [0, 0.05) is 32.7 Å². The molecule has 0 unspecified atom stereocenters. The van der Waals surface area contributed by atoms with Crippen LogP contribution in [0.3, 0.4) is 0 Å². The fourth-order valence-corrected chi connectivity index (χ4v) is 3.31. The molecular formula is C20H28N4O2. The highest BCUT2D eigenvalue weighted by molar-refractivity contribution is 5.54. The fourth-order valence-electron chi connectivity index (χ4n) is 3.31. The van der Waals surface area contributed by atoms with Crippen molar-refractivity contribution in [1.29, 1.82) is 0 Å². The first-order valence-corrected chi connectivity index (χ1v) is 9.18. The van der Waals surface area contributed by atoms with Crippen molar-refractivity contribution in [2.75, 3.05) is 44.2 Å². The van der Waals surface area contributed by atoms with Crippen LogP contribution in [0.4, 0.5) is 11.6 Å². The van der Waals surface area contributed by atoms with Crippen LogP contribution < -0.4 is 19.3 Å². The molecule has 0 fully saturated rings. The Bertz CT molecular complexity index is 751. The van der Waals surface area contributed by atoms with Gasteiger partial charge in [-0.15, -0.1) is 0 Å². The summed E-state index contributed by atoms with van der Waals surface area (Å²) >= 11 is 0. The third-order valence-electron chi connectivity index (χ3n) is 4.92. The number of aromatic nitrogens is 2. The molecule has 0 saturated carbocycles. The van der Waals surface area contributed by atoms with Crippen molar-refractivity contribution >= 4 is 11.6 Å². The van der Waals surface area contributed by atoms with E-state index in [1.165, 1.54) is 17.5 Å². The standard InChI is InChI=1S/C20H28N4O2/c1-5-6-8-23(2)19-12-20(22-14-21-19)24-9-7-15-10-17(25-3)18(26-4)11-16(15)13-24/h10-12,14H,5-9,13H2,1-4H3. The number of unbranched alkanes of at least 4 members (excludes halogenated alkanes) is 1. The molecule has 0 spiro atoms. The van der Waals surface area contributed by atoms with Gasteiger partial charge in [-0.1, -0.05) is 13.3 Å². The monoisotopic (exact) mass is 356 g/mol. The van der Waals surface area contributed by atoms with Crippen LogP contribution in [0.2, 0.25) is 0 Å². The summed E-state index contributed by atoms with van der Waals surface area (Å²) in [4.78, 5) is 13.4. The molecule has 0 bridgehead atoms. The van der Waals surface area contributed by atoms with Crippen LogP contribution >= 0.6 is 0 Å². The topological polar surface area (TPSA) is 50.7 Å². The second kappa shape index (κ2) is 8.25. The summed E-state index contributed by atoms with van der Waals surface area (Å²) in [6.45, 7) is 4.95. The molecule has 140 valence electrons. The molecule has 3 rings (SSSR count). The summed E-state index contributed by atoms with van der Waals surface area (Å²) in [6.07, 6.45) is 4.96. The van der Waals surface area contributed by atoms with E-state index in [0.29, 0.717) is 0 Å². The first kappa shape index (κ1) is 18.3. The molecule has 1 aromatic heterocycles. The van der Waals surface area contributed by atoms with Crippen molar-refractivity contribution in [2.24, 2.45) is 0 Å². The smallest absolute Gasteiger partial charge is 0.161 e. The van der Waals surface area contributed by atoms with Crippen molar-refractivity contribution in [3.8, 4) is 11.5 Å². The van der Waals surface area contributed by atoms with Crippen molar-refractivity contribution in [3.63, 3.8) is 0 Å². The van der Waals surface area contributed by atoms with E-state index in [0.717, 1.165) is 55.6 Å². The summed E-state index contributed by atoms with van der Waals surface area (Å²) in [5, 5.41) is 0. The minimum Gasteiger partial charge on any atom is -0.493 e. The summed E-state index contributed by atoms with van der Waals surface area (Å²) in [7, 11) is 5.44. The molecule has 0 amide bonds. The van der Waals surface area contributed by atoms with Gasteiger partial charge in [-0.3, -0.25) is 0 Å². The summed E-state index contributed by atoms with van der Waals surface area (Å²) in [5.41, 5.74) is 2.57. The minimum absolute atomic E-state index is 0.774. The Balaban J connectivity index is 1.80. The van der Waals surface area contributed by atoms with Gasteiger partial charge in [0.05, 0.1) is 14.2 Å². The maximum Gasteiger partial charge on any atom is 0.161 e. The van der Waals surface area contributed by atoms with E-state index in [1.54, 1.807) is 20.5 Å². The summed E-state index contributed by atoms with van der Waals surface area (Å²) in [6, 6.07) is 6.26. The maximum atomic E-state index is 5.46. The molecule has 2 aromatic rings. The SMILES string of the molecule is CCCCN(C)c1cc(N2CCc3cc(OC)c(OC)cc3C2)ncn1. The van der Waals surface area contributed by atoms with Gasteiger partial charge in [-0.2, -0.15) is 0 Å². The molecule has 0 saturated heterocycles. The first-order chi connectivity index (χ1) is 12.7. The van der Waals surface area contributed by atoms with Crippen LogP contribution in [0.15, 0.2) is 24.5 Å². The van der Waals surface area contributed by atoms with E-state index in [-0.39, 0.29) is 0 Å². The van der Waals surface area contributed by atoms with Gasteiger partial charge in [0.1, 0.15) is 18.0 Å². The highest BCUT2D eigenvalue weighted by Crippen LogP contribution is 2.34. The van der Waals surface area contributed by atoms with Crippen LogP contribution in [0.1, 0.15) is 30.9 Å². The summed E-state index contributed by atoms with van der Waals surface area (Å²) in [5.74, 6) is 3.51. The molecule has 0 atom stereocenters.